The highest BCUT2D eigenvalue weighted by Crippen LogP contribution is 2.20. The van der Waals surface area contributed by atoms with Gasteiger partial charge in [-0.3, -0.25) is 4.57 Å². The lowest BCUT2D eigenvalue weighted by Gasteiger charge is -1.98. The van der Waals surface area contributed by atoms with Crippen molar-refractivity contribution >= 4 is 11.1 Å². The van der Waals surface area contributed by atoms with Gasteiger partial charge in [-0.25, -0.2) is 4.98 Å². The highest BCUT2D eigenvalue weighted by Gasteiger charge is 2.07. The number of benzene rings is 1. The summed E-state index contributed by atoms with van der Waals surface area (Å²) in [5.74, 6) is 0.823. The molecule has 2 heterocycles. The van der Waals surface area contributed by atoms with Crippen LogP contribution in [0.5, 0.6) is 0 Å². The summed E-state index contributed by atoms with van der Waals surface area (Å²) in [5, 5.41) is 7.60. The number of hydrogen-bond acceptors (Lipinski definition) is 4. The molecular formula is C14H16N4O. The summed E-state index contributed by atoms with van der Waals surface area (Å²) in [5.41, 5.74) is 2.70. The maximum absolute atomic E-state index is 5.79. The van der Waals surface area contributed by atoms with E-state index in [-0.39, 0.29) is 0 Å². The topological polar surface area (TPSA) is 56.7 Å². The predicted octanol–water partition coefficient (Wildman–Crippen LogP) is 3.14. The molecule has 0 bridgehead atoms. The molecule has 0 unspecified atom stereocenters. The number of nitrogens with zero attached hydrogens (tertiary/aromatic N) is 4. The van der Waals surface area contributed by atoms with Crippen molar-refractivity contribution in [2.24, 2.45) is 0 Å². The summed E-state index contributed by atoms with van der Waals surface area (Å²) >= 11 is 0. The Morgan fingerprint density at radius 1 is 1.16 bits per heavy atom. The molecule has 2 aromatic heterocycles. The molecule has 0 amide bonds. The number of hydrogen-bond donors (Lipinski definition) is 0. The second-order valence-electron chi connectivity index (χ2n) is 4.59. The zero-order valence-corrected chi connectivity index (χ0v) is 10.9. The molecule has 3 aromatic rings. The van der Waals surface area contributed by atoms with Crippen LogP contribution in [0.25, 0.3) is 16.8 Å². The van der Waals surface area contributed by atoms with E-state index in [9.17, 15) is 0 Å². The number of aromatic nitrogens is 4. The van der Waals surface area contributed by atoms with Crippen LogP contribution in [0.3, 0.4) is 0 Å². The van der Waals surface area contributed by atoms with Crippen molar-refractivity contribution in [3.8, 4) is 5.69 Å². The summed E-state index contributed by atoms with van der Waals surface area (Å²) in [7, 11) is 0. The monoisotopic (exact) mass is 256 g/mol. The minimum absolute atomic E-state index is 0.817. The molecule has 3 rings (SSSR count). The van der Waals surface area contributed by atoms with E-state index in [2.05, 4.69) is 22.1 Å². The van der Waals surface area contributed by atoms with Crippen molar-refractivity contribution < 1.29 is 4.42 Å². The quantitative estimate of drug-likeness (QED) is 0.658. The first-order chi connectivity index (χ1) is 9.36. The van der Waals surface area contributed by atoms with Crippen LogP contribution in [-0.2, 0) is 6.42 Å². The smallest absolute Gasteiger partial charge is 0.195 e. The molecule has 1 aromatic carbocycles. The predicted molar refractivity (Wildman–Crippen MR) is 72.2 cm³/mol. The van der Waals surface area contributed by atoms with Crippen LogP contribution in [0, 0.1) is 0 Å². The number of unbranched alkanes of at least 4 members (excludes halogenated alkanes) is 2. The van der Waals surface area contributed by atoms with Gasteiger partial charge in [-0.1, -0.05) is 19.8 Å². The molecule has 0 atom stereocenters. The molecule has 0 aliphatic rings. The molecule has 5 heteroatoms. The van der Waals surface area contributed by atoms with E-state index in [1.807, 2.05) is 22.8 Å². The van der Waals surface area contributed by atoms with Gasteiger partial charge < -0.3 is 4.42 Å². The van der Waals surface area contributed by atoms with Gasteiger partial charge in [0, 0.05) is 12.5 Å². The Bertz CT molecular complexity index is 657. The zero-order valence-electron chi connectivity index (χ0n) is 10.9. The SMILES string of the molecule is CCCCCc1nc2ccc(-n3cnnc3)cc2o1. The van der Waals surface area contributed by atoms with Gasteiger partial charge >= 0.3 is 0 Å². The summed E-state index contributed by atoms with van der Waals surface area (Å²) in [6.07, 6.45) is 7.79. The molecule has 5 nitrogen and oxygen atoms in total. The Hall–Kier alpha value is -2.17. The second-order valence-corrected chi connectivity index (χ2v) is 4.59. The molecule has 0 saturated carbocycles. The van der Waals surface area contributed by atoms with Gasteiger partial charge in [0.25, 0.3) is 0 Å². The molecule has 0 radical (unpaired) electrons. The number of aryl methyl sites for hydroxylation is 1. The van der Waals surface area contributed by atoms with E-state index >= 15 is 0 Å². The van der Waals surface area contributed by atoms with Crippen molar-refractivity contribution in [1.82, 2.24) is 19.7 Å². The van der Waals surface area contributed by atoms with Gasteiger partial charge in [-0.05, 0) is 18.6 Å². The van der Waals surface area contributed by atoms with Crippen LogP contribution >= 0.6 is 0 Å². The third-order valence-electron chi connectivity index (χ3n) is 3.13. The molecule has 98 valence electrons. The number of rotatable bonds is 5. The van der Waals surface area contributed by atoms with Gasteiger partial charge in [0.1, 0.15) is 18.2 Å². The van der Waals surface area contributed by atoms with Crippen LogP contribution in [-0.4, -0.2) is 19.7 Å². The maximum atomic E-state index is 5.79. The fourth-order valence-corrected chi connectivity index (χ4v) is 2.09. The van der Waals surface area contributed by atoms with Crippen LogP contribution in [0.4, 0.5) is 0 Å². The lowest BCUT2D eigenvalue weighted by molar-refractivity contribution is 0.512. The van der Waals surface area contributed by atoms with E-state index in [1.165, 1.54) is 12.8 Å². The molecule has 0 fully saturated rings. The zero-order chi connectivity index (χ0) is 13.1. The maximum Gasteiger partial charge on any atom is 0.195 e. The Labute approximate surface area is 111 Å². The highest BCUT2D eigenvalue weighted by molar-refractivity contribution is 5.75. The molecule has 0 aliphatic carbocycles. The van der Waals surface area contributed by atoms with Gasteiger partial charge in [0.2, 0.25) is 0 Å². The Morgan fingerprint density at radius 3 is 2.79 bits per heavy atom. The van der Waals surface area contributed by atoms with Crippen molar-refractivity contribution in [2.75, 3.05) is 0 Å². The minimum Gasteiger partial charge on any atom is -0.441 e. The first kappa shape index (κ1) is 11.9. The van der Waals surface area contributed by atoms with Crippen LogP contribution in [0.15, 0.2) is 35.3 Å². The fraction of sp³-hybridized carbons (Fsp3) is 0.357. The van der Waals surface area contributed by atoms with Crippen molar-refractivity contribution in [2.45, 2.75) is 32.6 Å². The Balaban J connectivity index is 1.87. The van der Waals surface area contributed by atoms with Gasteiger partial charge in [0.05, 0.1) is 5.69 Å². The summed E-state index contributed by atoms with van der Waals surface area (Å²) < 4.78 is 7.63. The fourth-order valence-electron chi connectivity index (χ4n) is 2.09. The normalized spacial score (nSPS) is 11.2. The Kier molecular flexibility index (Phi) is 3.27. The first-order valence-corrected chi connectivity index (χ1v) is 6.61. The van der Waals surface area contributed by atoms with Gasteiger partial charge in [-0.2, -0.15) is 0 Å². The van der Waals surface area contributed by atoms with Crippen molar-refractivity contribution in [3.05, 3.63) is 36.7 Å². The molecule has 0 spiro atoms. The molecular weight excluding hydrogens is 240 g/mol. The van der Waals surface area contributed by atoms with Gasteiger partial charge in [-0.15, -0.1) is 10.2 Å². The third-order valence-corrected chi connectivity index (χ3v) is 3.13. The average molecular weight is 256 g/mol. The van der Waals surface area contributed by atoms with E-state index < -0.39 is 0 Å². The number of oxazole rings is 1. The van der Waals surface area contributed by atoms with E-state index in [1.54, 1.807) is 12.7 Å². The summed E-state index contributed by atoms with van der Waals surface area (Å²) in [6.45, 7) is 2.19. The average Bonchev–Trinajstić information content (AvgIpc) is 3.07. The van der Waals surface area contributed by atoms with Crippen molar-refractivity contribution in [3.63, 3.8) is 0 Å². The first-order valence-electron chi connectivity index (χ1n) is 6.61. The van der Waals surface area contributed by atoms with Crippen molar-refractivity contribution in [1.29, 1.82) is 0 Å². The third kappa shape index (κ3) is 2.50. The second kappa shape index (κ2) is 5.22. The molecule has 19 heavy (non-hydrogen) atoms. The van der Waals surface area contributed by atoms with Crippen LogP contribution < -0.4 is 0 Å². The minimum atomic E-state index is 0.817. The van der Waals surface area contributed by atoms with E-state index in [4.69, 9.17) is 4.42 Å². The summed E-state index contributed by atoms with van der Waals surface area (Å²) in [4.78, 5) is 4.50. The van der Waals surface area contributed by atoms with Crippen LogP contribution in [0.1, 0.15) is 32.1 Å². The summed E-state index contributed by atoms with van der Waals surface area (Å²) in [6, 6.07) is 5.93. The Morgan fingerprint density at radius 2 is 2.00 bits per heavy atom. The highest BCUT2D eigenvalue weighted by atomic mass is 16.3. The lowest BCUT2D eigenvalue weighted by Crippen LogP contribution is -1.88. The van der Waals surface area contributed by atoms with Crippen LogP contribution in [0.2, 0.25) is 0 Å². The molecule has 0 saturated heterocycles. The van der Waals surface area contributed by atoms with E-state index in [0.717, 1.165) is 35.5 Å². The molecule has 0 N–H and O–H groups in total. The standard InChI is InChI=1S/C14H16N4O/c1-2-3-4-5-14-17-12-7-6-11(8-13(12)19-14)18-9-15-16-10-18/h6-10H,2-5H2,1H3. The largest absolute Gasteiger partial charge is 0.441 e. The number of fused-ring (bicyclic) bond motifs is 1. The lowest BCUT2D eigenvalue weighted by atomic mass is 10.2. The van der Waals surface area contributed by atoms with E-state index in [0.29, 0.717) is 0 Å². The molecule has 0 aliphatic heterocycles. The van der Waals surface area contributed by atoms with Gasteiger partial charge in [0.15, 0.2) is 11.5 Å².